The third-order valence-electron chi connectivity index (χ3n) is 4.49. The van der Waals surface area contributed by atoms with Crippen LogP contribution in [0.2, 0.25) is 0 Å². The normalized spacial score (nSPS) is 26.9. The van der Waals surface area contributed by atoms with Crippen molar-refractivity contribution in [2.45, 2.75) is 64.8 Å². The molecule has 2 aliphatic rings. The highest BCUT2D eigenvalue weighted by atomic mass is 16.5. The molecule has 19 heavy (non-hydrogen) atoms. The highest BCUT2D eigenvalue weighted by Gasteiger charge is 2.20. The van der Waals surface area contributed by atoms with Crippen LogP contribution in [0.25, 0.3) is 0 Å². The van der Waals surface area contributed by atoms with E-state index in [-0.39, 0.29) is 0 Å². The van der Waals surface area contributed by atoms with Crippen molar-refractivity contribution in [3.05, 3.63) is 11.6 Å². The van der Waals surface area contributed by atoms with E-state index in [4.69, 9.17) is 4.74 Å². The zero-order chi connectivity index (χ0) is 13.5. The minimum atomic E-state index is 0.578. The molecule has 1 saturated carbocycles. The Kier molecular flexibility index (Phi) is 6.39. The predicted octanol–water partition coefficient (Wildman–Crippen LogP) is 3.92. The first-order valence-corrected chi connectivity index (χ1v) is 8.27. The van der Waals surface area contributed by atoms with Gasteiger partial charge >= 0.3 is 0 Å². The minimum Gasteiger partial charge on any atom is -0.381 e. The monoisotopic (exact) mass is 265 g/mol. The zero-order valence-corrected chi connectivity index (χ0v) is 12.8. The molecule has 0 spiro atoms. The van der Waals surface area contributed by atoms with E-state index in [9.17, 15) is 0 Å². The van der Waals surface area contributed by atoms with Crippen LogP contribution in [-0.2, 0) is 4.74 Å². The number of rotatable bonds is 5. The number of hydrogen-bond acceptors (Lipinski definition) is 2. The van der Waals surface area contributed by atoms with Crippen molar-refractivity contribution in [3.63, 3.8) is 0 Å². The fourth-order valence-corrected chi connectivity index (χ4v) is 3.33. The van der Waals surface area contributed by atoms with Gasteiger partial charge in [-0.3, -0.25) is 0 Å². The average Bonchev–Trinajstić information content (AvgIpc) is 2.45. The maximum absolute atomic E-state index is 5.63. The lowest BCUT2D eigenvalue weighted by Crippen LogP contribution is -2.29. The summed E-state index contributed by atoms with van der Waals surface area (Å²) in [7, 11) is 0. The van der Waals surface area contributed by atoms with Crippen molar-refractivity contribution in [2.75, 3.05) is 19.8 Å². The SMILES string of the molecule is CC(C)NCC(=CC1CCCOC1)C1CCCCC1. The smallest absolute Gasteiger partial charge is 0.0528 e. The molecule has 0 amide bonds. The van der Waals surface area contributed by atoms with E-state index in [2.05, 4.69) is 25.2 Å². The maximum Gasteiger partial charge on any atom is 0.0528 e. The summed E-state index contributed by atoms with van der Waals surface area (Å²) in [6, 6.07) is 0.578. The summed E-state index contributed by atoms with van der Waals surface area (Å²) in [5.74, 6) is 1.50. The summed E-state index contributed by atoms with van der Waals surface area (Å²) < 4.78 is 5.63. The van der Waals surface area contributed by atoms with Crippen molar-refractivity contribution < 1.29 is 4.74 Å². The summed E-state index contributed by atoms with van der Waals surface area (Å²) in [5, 5.41) is 3.62. The van der Waals surface area contributed by atoms with Crippen LogP contribution in [0.1, 0.15) is 58.8 Å². The molecule has 0 aromatic heterocycles. The summed E-state index contributed by atoms with van der Waals surface area (Å²) in [5.41, 5.74) is 1.67. The zero-order valence-electron chi connectivity index (χ0n) is 12.8. The first-order valence-electron chi connectivity index (χ1n) is 8.27. The number of hydrogen-bond donors (Lipinski definition) is 1. The van der Waals surface area contributed by atoms with Crippen LogP contribution in [0, 0.1) is 11.8 Å². The lowest BCUT2D eigenvalue weighted by atomic mass is 9.82. The van der Waals surface area contributed by atoms with Gasteiger partial charge in [0.2, 0.25) is 0 Å². The van der Waals surface area contributed by atoms with E-state index >= 15 is 0 Å². The molecule has 1 aliphatic heterocycles. The van der Waals surface area contributed by atoms with Gasteiger partial charge in [0.15, 0.2) is 0 Å². The first kappa shape index (κ1) is 15.1. The Morgan fingerprint density at radius 2 is 1.95 bits per heavy atom. The van der Waals surface area contributed by atoms with Crippen molar-refractivity contribution >= 4 is 0 Å². The molecule has 0 bridgehead atoms. The number of nitrogens with one attached hydrogen (secondary N) is 1. The van der Waals surface area contributed by atoms with E-state index in [1.54, 1.807) is 5.57 Å². The Hall–Kier alpha value is -0.340. The molecule has 110 valence electrons. The predicted molar refractivity (Wildman–Crippen MR) is 81.3 cm³/mol. The van der Waals surface area contributed by atoms with E-state index in [0.717, 1.165) is 25.7 Å². The van der Waals surface area contributed by atoms with Crippen molar-refractivity contribution in [2.24, 2.45) is 11.8 Å². The molecule has 1 heterocycles. The highest BCUT2D eigenvalue weighted by Crippen LogP contribution is 2.31. The van der Waals surface area contributed by atoms with Crippen molar-refractivity contribution in [1.29, 1.82) is 0 Å². The van der Waals surface area contributed by atoms with Gasteiger partial charge in [0.1, 0.15) is 0 Å². The van der Waals surface area contributed by atoms with Crippen LogP contribution < -0.4 is 5.32 Å². The summed E-state index contributed by atoms with van der Waals surface area (Å²) >= 11 is 0. The van der Waals surface area contributed by atoms with E-state index in [1.807, 2.05) is 0 Å². The van der Waals surface area contributed by atoms with Gasteiger partial charge in [0.25, 0.3) is 0 Å². The largest absolute Gasteiger partial charge is 0.381 e. The van der Waals surface area contributed by atoms with Crippen molar-refractivity contribution in [1.82, 2.24) is 5.32 Å². The third kappa shape index (κ3) is 5.27. The van der Waals surface area contributed by atoms with E-state index in [0.29, 0.717) is 12.0 Å². The van der Waals surface area contributed by atoms with Gasteiger partial charge in [-0.15, -0.1) is 0 Å². The quantitative estimate of drug-likeness (QED) is 0.761. The number of ether oxygens (including phenoxy) is 1. The fraction of sp³-hybridized carbons (Fsp3) is 0.882. The van der Waals surface area contributed by atoms with Gasteiger partial charge in [-0.25, -0.2) is 0 Å². The standard InChI is InChI=1S/C17H31NO/c1-14(2)18-12-17(16-8-4-3-5-9-16)11-15-7-6-10-19-13-15/h11,14-16,18H,3-10,12-13H2,1-2H3. The summed E-state index contributed by atoms with van der Waals surface area (Å²) in [6.07, 6.45) is 12.2. The molecular formula is C17H31NO. The van der Waals surface area contributed by atoms with Crippen LogP contribution in [-0.4, -0.2) is 25.8 Å². The average molecular weight is 265 g/mol. The van der Waals surface area contributed by atoms with Crippen LogP contribution in [0.3, 0.4) is 0 Å². The first-order chi connectivity index (χ1) is 9.25. The lowest BCUT2D eigenvalue weighted by molar-refractivity contribution is 0.0704. The molecule has 0 radical (unpaired) electrons. The van der Waals surface area contributed by atoms with Gasteiger partial charge in [-0.2, -0.15) is 0 Å². The van der Waals surface area contributed by atoms with Gasteiger partial charge in [0, 0.05) is 25.1 Å². The van der Waals surface area contributed by atoms with E-state index in [1.165, 1.54) is 44.9 Å². The summed E-state index contributed by atoms with van der Waals surface area (Å²) in [6.45, 7) is 7.47. The third-order valence-corrected chi connectivity index (χ3v) is 4.49. The van der Waals surface area contributed by atoms with Crippen LogP contribution in [0.15, 0.2) is 11.6 Å². The lowest BCUT2D eigenvalue weighted by Gasteiger charge is -2.28. The molecule has 1 aliphatic carbocycles. The maximum atomic E-state index is 5.63. The molecule has 1 unspecified atom stereocenters. The molecule has 0 aromatic carbocycles. The highest BCUT2D eigenvalue weighted by molar-refractivity contribution is 5.12. The van der Waals surface area contributed by atoms with Crippen LogP contribution in [0.4, 0.5) is 0 Å². The van der Waals surface area contributed by atoms with Crippen LogP contribution in [0.5, 0.6) is 0 Å². The second-order valence-corrected chi connectivity index (χ2v) is 6.59. The van der Waals surface area contributed by atoms with E-state index < -0.39 is 0 Å². The Labute approximate surface area is 119 Å². The van der Waals surface area contributed by atoms with Gasteiger partial charge in [-0.05, 0) is 31.6 Å². The molecule has 0 aromatic rings. The molecule has 2 heteroatoms. The molecule has 2 rings (SSSR count). The Morgan fingerprint density at radius 1 is 1.16 bits per heavy atom. The Balaban J connectivity index is 1.96. The van der Waals surface area contributed by atoms with Gasteiger partial charge < -0.3 is 10.1 Å². The molecule has 1 saturated heterocycles. The molecule has 2 fully saturated rings. The second kappa shape index (κ2) is 8.06. The Morgan fingerprint density at radius 3 is 2.58 bits per heavy atom. The minimum absolute atomic E-state index is 0.578. The second-order valence-electron chi connectivity index (χ2n) is 6.59. The van der Waals surface area contributed by atoms with Crippen molar-refractivity contribution in [3.8, 4) is 0 Å². The molecule has 1 N–H and O–H groups in total. The molecule has 1 atom stereocenters. The Bertz CT molecular complexity index is 273. The van der Waals surface area contributed by atoms with Gasteiger partial charge in [0.05, 0.1) is 6.61 Å². The summed E-state index contributed by atoms with van der Waals surface area (Å²) in [4.78, 5) is 0. The van der Waals surface area contributed by atoms with Gasteiger partial charge in [-0.1, -0.05) is 44.8 Å². The molecule has 2 nitrogen and oxygen atoms in total. The topological polar surface area (TPSA) is 21.3 Å². The fourth-order valence-electron chi connectivity index (χ4n) is 3.33. The molecular weight excluding hydrogens is 234 g/mol. The van der Waals surface area contributed by atoms with Crippen LogP contribution >= 0.6 is 0 Å².